The SMILES string of the molecule is CCN(CC)C(C)CNC(=O)c1cc(-c2cnn3ccc(-c4cccs4)nc23)nc(N2CCC(C(=O)NC)C2)c1. The average Bonchev–Trinajstić information content (AvgIpc) is 3.76. The fourth-order valence-electron chi connectivity index (χ4n) is 5.26. The van der Waals surface area contributed by atoms with Crippen LogP contribution >= 0.6 is 11.3 Å². The summed E-state index contributed by atoms with van der Waals surface area (Å²) in [5, 5.41) is 12.4. The maximum Gasteiger partial charge on any atom is 0.251 e. The van der Waals surface area contributed by atoms with E-state index in [9.17, 15) is 9.59 Å². The molecular formula is C29H36N8O2S. The first kappa shape index (κ1) is 27.7. The predicted molar refractivity (Wildman–Crippen MR) is 159 cm³/mol. The number of anilines is 1. The zero-order valence-electron chi connectivity index (χ0n) is 23.4. The number of pyridine rings is 1. The summed E-state index contributed by atoms with van der Waals surface area (Å²) in [6.45, 7) is 9.99. The Balaban J connectivity index is 1.51. The quantitative estimate of drug-likeness (QED) is 0.305. The van der Waals surface area contributed by atoms with Gasteiger partial charge in [-0.15, -0.1) is 11.3 Å². The minimum Gasteiger partial charge on any atom is -0.359 e. The molecule has 5 rings (SSSR count). The third kappa shape index (κ3) is 5.71. The number of nitrogens with zero attached hydrogens (tertiary/aromatic N) is 6. The maximum atomic E-state index is 13.5. The molecule has 1 aliphatic rings. The Labute approximate surface area is 238 Å². The molecule has 0 aliphatic carbocycles. The van der Waals surface area contributed by atoms with Crippen LogP contribution in [-0.2, 0) is 4.79 Å². The van der Waals surface area contributed by atoms with Crippen molar-refractivity contribution in [2.75, 3.05) is 44.7 Å². The lowest BCUT2D eigenvalue weighted by Gasteiger charge is -2.26. The lowest BCUT2D eigenvalue weighted by Crippen LogP contribution is -2.42. The standard InChI is InChI=1S/C29H36N8O2S/c1-5-35(6-2)19(3)16-31-29(39)21-14-24(33-26(15-21)36-11-9-20(18-36)28(38)30-4)22-17-32-37-12-10-23(34-27(22)37)25-8-7-13-40-25/h7-8,10,12-15,17,19-20H,5-6,9,11,16,18H2,1-4H3,(H,30,38)(H,31,39). The van der Waals surface area contributed by atoms with E-state index < -0.39 is 0 Å². The lowest BCUT2D eigenvalue weighted by molar-refractivity contribution is -0.123. The molecule has 0 spiro atoms. The molecule has 2 amide bonds. The number of hydrogen-bond donors (Lipinski definition) is 2. The van der Waals surface area contributed by atoms with Gasteiger partial charge < -0.3 is 15.5 Å². The van der Waals surface area contributed by atoms with Crippen LogP contribution in [0.25, 0.3) is 27.5 Å². The van der Waals surface area contributed by atoms with Crippen LogP contribution in [0.1, 0.15) is 37.6 Å². The number of fused-ring (bicyclic) bond motifs is 1. The Bertz CT molecular complexity index is 1480. The van der Waals surface area contributed by atoms with Gasteiger partial charge >= 0.3 is 0 Å². The molecule has 0 bridgehead atoms. The van der Waals surface area contributed by atoms with Gasteiger partial charge in [0.25, 0.3) is 5.91 Å². The third-order valence-corrected chi connectivity index (χ3v) is 8.51. The summed E-state index contributed by atoms with van der Waals surface area (Å²) < 4.78 is 1.73. The monoisotopic (exact) mass is 560 g/mol. The number of aromatic nitrogens is 4. The van der Waals surface area contributed by atoms with Crippen molar-refractivity contribution in [2.45, 2.75) is 33.2 Å². The Morgan fingerprint density at radius 2 is 2.00 bits per heavy atom. The van der Waals surface area contributed by atoms with Crippen molar-refractivity contribution >= 4 is 34.6 Å². The van der Waals surface area contributed by atoms with Crippen LogP contribution in [0, 0.1) is 5.92 Å². The maximum absolute atomic E-state index is 13.5. The van der Waals surface area contributed by atoms with E-state index in [2.05, 4.69) is 46.3 Å². The van der Waals surface area contributed by atoms with Gasteiger partial charge in [-0.2, -0.15) is 5.10 Å². The van der Waals surface area contributed by atoms with Gasteiger partial charge in [0.1, 0.15) is 5.82 Å². The highest BCUT2D eigenvalue weighted by atomic mass is 32.1. The van der Waals surface area contributed by atoms with Crippen molar-refractivity contribution in [3.8, 4) is 21.8 Å². The topological polar surface area (TPSA) is 108 Å². The molecule has 1 fully saturated rings. The van der Waals surface area contributed by atoms with Gasteiger partial charge in [-0.05, 0) is 56.1 Å². The minimum absolute atomic E-state index is 0.0231. The van der Waals surface area contributed by atoms with Crippen LogP contribution in [0.5, 0.6) is 0 Å². The summed E-state index contributed by atoms with van der Waals surface area (Å²) in [7, 11) is 1.66. The molecule has 5 heterocycles. The third-order valence-electron chi connectivity index (χ3n) is 7.62. The van der Waals surface area contributed by atoms with Gasteiger partial charge in [0, 0.05) is 44.5 Å². The highest BCUT2D eigenvalue weighted by Gasteiger charge is 2.29. The summed E-state index contributed by atoms with van der Waals surface area (Å²) >= 11 is 1.63. The van der Waals surface area contributed by atoms with E-state index in [0.29, 0.717) is 42.4 Å². The molecule has 40 heavy (non-hydrogen) atoms. The van der Waals surface area contributed by atoms with E-state index >= 15 is 0 Å². The number of carbonyl (C=O) groups excluding carboxylic acids is 2. The number of hydrogen-bond acceptors (Lipinski definition) is 8. The first-order chi connectivity index (χ1) is 19.4. The second-order valence-electron chi connectivity index (χ2n) is 10.0. The molecule has 1 saturated heterocycles. The van der Waals surface area contributed by atoms with E-state index in [4.69, 9.17) is 9.97 Å². The molecule has 4 aromatic heterocycles. The molecule has 2 unspecified atom stereocenters. The zero-order valence-corrected chi connectivity index (χ0v) is 24.2. The van der Waals surface area contributed by atoms with Crippen molar-refractivity contribution in [3.05, 3.63) is 53.7 Å². The van der Waals surface area contributed by atoms with Gasteiger partial charge in [0.15, 0.2) is 5.65 Å². The van der Waals surface area contributed by atoms with E-state index in [1.54, 1.807) is 29.1 Å². The van der Waals surface area contributed by atoms with Crippen molar-refractivity contribution in [2.24, 2.45) is 5.92 Å². The molecule has 0 saturated carbocycles. The summed E-state index contributed by atoms with van der Waals surface area (Å²) in [5.74, 6) is 0.416. The van der Waals surface area contributed by atoms with E-state index in [-0.39, 0.29) is 23.8 Å². The van der Waals surface area contributed by atoms with Crippen LogP contribution in [-0.4, -0.2) is 82.1 Å². The Kier molecular flexibility index (Phi) is 8.41. The molecule has 1 aliphatic heterocycles. The number of rotatable bonds is 10. The van der Waals surface area contributed by atoms with Gasteiger partial charge in [-0.25, -0.2) is 14.5 Å². The molecule has 11 heteroatoms. The molecule has 4 aromatic rings. The molecule has 2 N–H and O–H groups in total. The fourth-order valence-corrected chi connectivity index (χ4v) is 5.96. The second-order valence-corrected chi connectivity index (χ2v) is 11.0. The van der Waals surface area contributed by atoms with Crippen LogP contribution in [0.3, 0.4) is 0 Å². The summed E-state index contributed by atoms with van der Waals surface area (Å²) in [6.07, 6.45) is 4.37. The highest BCUT2D eigenvalue weighted by Crippen LogP contribution is 2.30. The van der Waals surface area contributed by atoms with Gasteiger partial charge in [0.05, 0.1) is 33.9 Å². The van der Waals surface area contributed by atoms with E-state index in [0.717, 1.165) is 35.6 Å². The zero-order chi connectivity index (χ0) is 28.2. The van der Waals surface area contributed by atoms with Gasteiger partial charge in [-0.1, -0.05) is 19.9 Å². The first-order valence-electron chi connectivity index (χ1n) is 13.8. The van der Waals surface area contributed by atoms with Crippen LogP contribution in [0.15, 0.2) is 48.1 Å². The average molecular weight is 561 g/mol. The smallest absolute Gasteiger partial charge is 0.251 e. The summed E-state index contributed by atoms with van der Waals surface area (Å²) in [6, 6.07) is 9.83. The van der Waals surface area contributed by atoms with Crippen molar-refractivity contribution in [1.82, 2.24) is 35.1 Å². The summed E-state index contributed by atoms with van der Waals surface area (Å²) in [5.41, 5.74) is 3.41. The number of likely N-dealkylation sites (N-methyl/N-ethyl adjacent to an activating group) is 1. The predicted octanol–water partition coefficient (Wildman–Crippen LogP) is 3.55. The first-order valence-corrected chi connectivity index (χ1v) is 14.7. The Morgan fingerprint density at radius 1 is 1.18 bits per heavy atom. The van der Waals surface area contributed by atoms with E-state index in [1.165, 1.54) is 0 Å². The number of amides is 2. The largest absolute Gasteiger partial charge is 0.359 e. The highest BCUT2D eigenvalue weighted by molar-refractivity contribution is 7.13. The molecule has 10 nitrogen and oxygen atoms in total. The lowest BCUT2D eigenvalue weighted by atomic mass is 10.1. The molecular weight excluding hydrogens is 524 g/mol. The van der Waals surface area contributed by atoms with Gasteiger partial charge in [0.2, 0.25) is 5.91 Å². The van der Waals surface area contributed by atoms with Crippen LogP contribution in [0.4, 0.5) is 5.82 Å². The van der Waals surface area contributed by atoms with Crippen molar-refractivity contribution in [3.63, 3.8) is 0 Å². The fraction of sp³-hybridized carbons (Fsp3) is 0.414. The van der Waals surface area contributed by atoms with Crippen LogP contribution in [0.2, 0.25) is 0 Å². The summed E-state index contributed by atoms with van der Waals surface area (Å²) in [4.78, 5) is 41.1. The second kappa shape index (κ2) is 12.1. The minimum atomic E-state index is -0.158. The van der Waals surface area contributed by atoms with Gasteiger partial charge in [-0.3, -0.25) is 14.5 Å². The Morgan fingerprint density at radius 3 is 2.73 bits per heavy atom. The number of nitrogens with one attached hydrogen (secondary N) is 2. The van der Waals surface area contributed by atoms with Crippen molar-refractivity contribution < 1.29 is 9.59 Å². The molecule has 210 valence electrons. The normalized spacial score (nSPS) is 16.0. The van der Waals surface area contributed by atoms with Crippen LogP contribution < -0.4 is 15.5 Å². The number of thiophene rings is 1. The van der Waals surface area contributed by atoms with E-state index in [1.807, 2.05) is 41.9 Å². The molecule has 0 radical (unpaired) electrons. The number of carbonyl (C=O) groups is 2. The Hall–Kier alpha value is -3.83. The molecule has 2 atom stereocenters. The molecule has 0 aromatic carbocycles. The van der Waals surface area contributed by atoms with Crippen molar-refractivity contribution in [1.29, 1.82) is 0 Å².